The zero-order valence-corrected chi connectivity index (χ0v) is 18.5. The predicted molar refractivity (Wildman–Crippen MR) is 131 cm³/mol. The molecule has 1 aliphatic rings. The van der Waals surface area contributed by atoms with Gasteiger partial charge in [0.1, 0.15) is 12.4 Å². The molecular formula is C28H28N2O3. The molecule has 1 aliphatic heterocycles. The van der Waals surface area contributed by atoms with E-state index in [1.54, 1.807) is 6.08 Å². The molecule has 1 N–H and O–H groups in total. The number of piperidine rings is 1. The van der Waals surface area contributed by atoms with Gasteiger partial charge in [0, 0.05) is 30.8 Å². The molecule has 0 spiro atoms. The number of carbonyl (C=O) groups is 2. The van der Waals surface area contributed by atoms with Gasteiger partial charge in [0.2, 0.25) is 11.8 Å². The molecule has 4 rings (SSSR count). The SMILES string of the molecule is O=C(Nc1ccc(OCc2ccccc2)cc1)C1CCN(C(=O)/C=C/c2ccccc2)CC1. The van der Waals surface area contributed by atoms with E-state index < -0.39 is 0 Å². The van der Waals surface area contributed by atoms with Gasteiger partial charge in [-0.3, -0.25) is 9.59 Å². The molecule has 168 valence electrons. The molecule has 1 saturated heterocycles. The Morgan fingerprint density at radius 2 is 1.52 bits per heavy atom. The van der Waals surface area contributed by atoms with Gasteiger partial charge in [0.25, 0.3) is 0 Å². The van der Waals surface area contributed by atoms with E-state index in [0.29, 0.717) is 32.5 Å². The minimum Gasteiger partial charge on any atom is -0.489 e. The number of ether oxygens (including phenoxy) is 1. The van der Waals surface area contributed by atoms with E-state index in [2.05, 4.69) is 5.32 Å². The van der Waals surface area contributed by atoms with Gasteiger partial charge >= 0.3 is 0 Å². The highest BCUT2D eigenvalue weighted by atomic mass is 16.5. The van der Waals surface area contributed by atoms with Crippen molar-refractivity contribution < 1.29 is 14.3 Å². The highest BCUT2D eigenvalue weighted by Crippen LogP contribution is 2.22. The summed E-state index contributed by atoms with van der Waals surface area (Å²) in [5, 5.41) is 2.99. The maximum absolute atomic E-state index is 12.7. The third-order valence-electron chi connectivity index (χ3n) is 5.77. The minimum absolute atomic E-state index is 0.000111. The van der Waals surface area contributed by atoms with Crippen LogP contribution in [0.15, 0.2) is 91.0 Å². The normalized spacial score (nSPS) is 14.2. The van der Waals surface area contributed by atoms with Crippen LogP contribution < -0.4 is 10.1 Å². The van der Waals surface area contributed by atoms with Gasteiger partial charge < -0.3 is 15.0 Å². The van der Waals surface area contributed by atoms with Crippen LogP contribution in [0, 0.1) is 5.92 Å². The lowest BCUT2D eigenvalue weighted by molar-refractivity contribution is -0.130. The maximum Gasteiger partial charge on any atom is 0.246 e. The lowest BCUT2D eigenvalue weighted by Gasteiger charge is -2.30. The third kappa shape index (κ3) is 6.56. The summed E-state index contributed by atoms with van der Waals surface area (Å²) >= 11 is 0. The molecule has 0 aromatic heterocycles. The number of amides is 2. The van der Waals surface area contributed by atoms with Crippen LogP contribution in [0.1, 0.15) is 24.0 Å². The van der Waals surface area contributed by atoms with Crippen molar-refractivity contribution in [2.45, 2.75) is 19.4 Å². The number of benzene rings is 3. The molecule has 33 heavy (non-hydrogen) atoms. The summed E-state index contributed by atoms with van der Waals surface area (Å²) in [4.78, 5) is 26.9. The molecular weight excluding hydrogens is 412 g/mol. The Hall–Kier alpha value is -3.86. The first-order valence-electron chi connectivity index (χ1n) is 11.3. The molecule has 3 aromatic carbocycles. The molecule has 5 nitrogen and oxygen atoms in total. The molecule has 0 saturated carbocycles. The van der Waals surface area contributed by atoms with E-state index >= 15 is 0 Å². The van der Waals surface area contributed by atoms with E-state index in [4.69, 9.17) is 4.74 Å². The van der Waals surface area contributed by atoms with Gasteiger partial charge in [-0.15, -0.1) is 0 Å². The largest absolute Gasteiger partial charge is 0.489 e. The second-order valence-electron chi connectivity index (χ2n) is 8.13. The Kier molecular flexibility index (Phi) is 7.54. The summed E-state index contributed by atoms with van der Waals surface area (Å²) in [7, 11) is 0. The summed E-state index contributed by atoms with van der Waals surface area (Å²) in [6.07, 6.45) is 4.76. The molecule has 0 bridgehead atoms. The Labute approximate surface area is 194 Å². The zero-order chi connectivity index (χ0) is 22.9. The molecule has 0 radical (unpaired) electrons. The van der Waals surface area contributed by atoms with Crippen LogP contribution in [0.4, 0.5) is 5.69 Å². The van der Waals surface area contributed by atoms with Crippen molar-refractivity contribution in [2.75, 3.05) is 18.4 Å². The maximum atomic E-state index is 12.7. The summed E-state index contributed by atoms with van der Waals surface area (Å²) in [5.41, 5.74) is 2.85. The average molecular weight is 441 g/mol. The fourth-order valence-electron chi connectivity index (χ4n) is 3.82. The fourth-order valence-corrected chi connectivity index (χ4v) is 3.82. The first-order valence-corrected chi connectivity index (χ1v) is 11.3. The first-order chi connectivity index (χ1) is 16.2. The van der Waals surface area contributed by atoms with Crippen LogP contribution in [0.25, 0.3) is 6.08 Å². The predicted octanol–water partition coefficient (Wildman–Crippen LogP) is 5.16. The van der Waals surface area contributed by atoms with Crippen molar-refractivity contribution in [2.24, 2.45) is 5.92 Å². The third-order valence-corrected chi connectivity index (χ3v) is 5.77. The number of likely N-dealkylation sites (tertiary alicyclic amines) is 1. The Morgan fingerprint density at radius 1 is 0.879 bits per heavy atom. The molecule has 1 fully saturated rings. The summed E-state index contributed by atoms with van der Waals surface area (Å²) in [5.74, 6) is 0.650. The van der Waals surface area contributed by atoms with E-state index in [1.807, 2.05) is 95.9 Å². The van der Waals surface area contributed by atoms with Gasteiger partial charge in [0.15, 0.2) is 0 Å². The molecule has 0 unspecified atom stereocenters. The van der Waals surface area contributed by atoms with E-state index in [1.165, 1.54) is 0 Å². The fraction of sp³-hybridized carbons (Fsp3) is 0.214. The molecule has 0 aliphatic carbocycles. The number of hydrogen-bond donors (Lipinski definition) is 1. The van der Waals surface area contributed by atoms with Gasteiger partial charge in [-0.2, -0.15) is 0 Å². The number of nitrogens with one attached hydrogen (secondary N) is 1. The number of rotatable bonds is 7. The first kappa shape index (κ1) is 22.3. The van der Waals surface area contributed by atoms with Crippen molar-refractivity contribution >= 4 is 23.6 Å². The topological polar surface area (TPSA) is 58.6 Å². The van der Waals surface area contributed by atoms with Gasteiger partial charge in [-0.1, -0.05) is 60.7 Å². The van der Waals surface area contributed by atoms with Crippen molar-refractivity contribution in [1.82, 2.24) is 4.90 Å². The van der Waals surface area contributed by atoms with Gasteiger partial charge in [0.05, 0.1) is 0 Å². The quantitative estimate of drug-likeness (QED) is 0.517. The monoisotopic (exact) mass is 440 g/mol. The van der Waals surface area contributed by atoms with Crippen LogP contribution in [0.2, 0.25) is 0 Å². The average Bonchev–Trinajstić information content (AvgIpc) is 2.88. The van der Waals surface area contributed by atoms with Crippen molar-refractivity contribution in [3.63, 3.8) is 0 Å². The van der Waals surface area contributed by atoms with E-state index in [0.717, 1.165) is 22.6 Å². The molecule has 0 atom stereocenters. The zero-order valence-electron chi connectivity index (χ0n) is 18.5. The highest BCUT2D eigenvalue weighted by Gasteiger charge is 2.26. The second-order valence-corrected chi connectivity index (χ2v) is 8.13. The van der Waals surface area contributed by atoms with Gasteiger partial charge in [-0.05, 0) is 54.3 Å². The lowest BCUT2D eigenvalue weighted by atomic mass is 9.95. The number of hydrogen-bond acceptors (Lipinski definition) is 3. The number of anilines is 1. The Morgan fingerprint density at radius 3 is 2.18 bits per heavy atom. The van der Waals surface area contributed by atoms with Crippen molar-refractivity contribution in [3.05, 3.63) is 102 Å². The van der Waals surface area contributed by atoms with Crippen molar-refractivity contribution in [1.29, 1.82) is 0 Å². The summed E-state index contributed by atoms with van der Waals surface area (Å²) in [6.45, 7) is 1.68. The molecule has 3 aromatic rings. The summed E-state index contributed by atoms with van der Waals surface area (Å²) < 4.78 is 5.79. The highest BCUT2D eigenvalue weighted by molar-refractivity contribution is 5.94. The van der Waals surface area contributed by atoms with Gasteiger partial charge in [-0.25, -0.2) is 0 Å². The molecule has 2 amide bonds. The second kappa shape index (κ2) is 11.1. The standard InChI is InChI=1S/C28H28N2O3/c31-27(16-11-22-7-3-1-4-8-22)30-19-17-24(18-20-30)28(32)29-25-12-14-26(15-13-25)33-21-23-9-5-2-6-10-23/h1-16,24H,17-21H2,(H,29,32)/b16-11+. The van der Waals surface area contributed by atoms with Crippen LogP contribution in [0.3, 0.4) is 0 Å². The number of carbonyl (C=O) groups excluding carboxylic acids is 2. The Bertz CT molecular complexity index is 1070. The van der Waals surface area contributed by atoms with E-state index in [9.17, 15) is 9.59 Å². The van der Waals surface area contributed by atoms with Crippen LogP contribution in [-0.4, -0.2) is 29.8 Å². The molecule has 5 heteroatoms. The van der Waals surface area contributed by atoms with Crippen LogP contribution >= 0.6 is 0 Å². The Balaban J connectivity index is 1.22. The van der Waals surface area contributed by atoms with E-state index in [-0.39, 0.29) is 17.7 Å². The van der Waals surface area contributed by atoms with Crippen molar-refractivity contribution in [3.8, 4) is 5.75 Å². The number of nitrogens with zero attached hydrogens (tertiary/aromatic N) is 1. The smallest absolute Gasteiger partial charge is 0.246 e. The molecule has 1 heterocycles. The summed E-state index contributed by atoms with van der Waals surface area (Å²) in [6, 6.07) is 27.2. The minimum atomic E-state index is -0.0961. The van der Waals surface area contributed by atoms with Crippen LogP contribution in [-0.2, 0) is 16.2 Å². The lowest BCUT2D eigenvalue weighted by Crippen LogP contribution is -2.40. The van der Waals surface area contributed by atoms with Crippen LogP contribution in [0.5, 0.6) is 5.75 Å².